The predicted molar refractivity (Wildman–Crippen MR) is 105 cm³/mol. The lowest BCUT2D eigenvalue weighted by atomic mass is 10.2. The molecule has 0 N–H and O–H groups in total. The average molecular weight is 407 g/mol. The van der Waals surface area contributed by atoms with Gasteiger partial charge in [0.1, 0.15) is 5.03 Å². The van der Waals surface area contributed by atoms with E-state index in [9.17, 15) is 14.4 Å². The van der Waals surface area contributed by atoms with Gasteiger partial charge < -0.3 is 19.4 Å². The number of amides is 3. The number of carbonyl (C=O) groups is 3. The first-order valence-electron chi connectivity index (χ1n) is 9.54. The van der Waals surface area contributed by atoms with Crippen LogP contribution in [0.15, 0.2) is 23.4 Å². The quantitative estimate of drug-likeness (QED) is 0.544. The maximum atomic E-state index is 12.9. The Kier molecular flexibility index (Phi) is 6.90. The number of rotatable bonds is 3. The summed E-state index contributed by atoms with van der Waals surface area (Å²) in [6.45, 7) is 7.45. The molecule has 9 heteroatoms. The highest BCUT2D eigenvalue weighted by Crippen LogP contribution is 2.25. The Morgan fingerprint density at radius 2 is 1.54 bits per heavy atom. The van der Waals surface area contributed by atoms with E-state index in [2.05, 4.69) is 18.8 Å². The molecule has 0 unspecified atom stereocenters. The molecule has 28 heavy (non-hydrogen) atoms. The Morgan fingerprint density at radius 1 is 0.964 bits per heavy atom. The molecule has 2 aliphatic heterocycles. The zero-order valence-corrected chi connectivity index (χ0v) is 17.1. The van der Waals surface area contributed by atoms with Gasteiger partial charge >= 0.3 is 11.8 Å². The molecule has 0 spiro atoms. The maximum absolute atomic E-state index is 12.9. The fraction of sp³-hybridized carbons (Fsp3) is 0.579. The van der Waals surface area contributed by atoms with Crippen LogP contribution in [0.3, 0.4) is 0 Å². The number of carbonyl (C=O) groups excluding carboxylic acids is 3. The summed E-state index contributed by atoms with van der Waals surface area (Å²) in [5, 5.41) is 1.05. The van der Waals surface area contributed by atoms with Crippen molar-refractivity contribution in [2.45, 2.75) is 24.1 Å². The minimum atomic E-state index is -0.494. The number of morpholine rings is 1. The summed E-state index contributed by atoms with van der Waals surface area (Å²) in [7, 11) is 0. The van der Waals surface area contributed by atoms with Crippen LogP contribution >= 0.6 is 11.8 Å². The van der Waals surface area contributed by atoms with E-state index in [1.807, 2.05) is 0 Å². The second kappa shape index (κ2) is 9.38. The molecule has 2 fully saturated rings. The van der Waals surface area contributed by atoms with Crippen molar-refractivity contribution < 1.29 is 19.1 Å². The molecule has 2 aliphatic rings. The van der Waals surface area contributed by atoms with Gasteiger partial charge in [-0.15, -0.1) is 11.8 Å². The van der Waals surface area contributed by atoms with Crippen molar-refractivity contribution in [2.24, 2.45) is 0 Å². The highest BCUT2D eigenvalue weighted by Gasteiger charge is 2.32. The zero-order valence-electron chi connectivity index (χ0n) is 16.3. The summed E-state index contributed by atoms with van der Waals surface area (Å²) in [5.41, 5.74) is 0.588. The lowest BCUT2D eigenvalue weighted by Gasteiger charge is -2.36. The van der Waals surface area contributed by atoms with Crippen LogP contribution in [-0.2, 0) is 14.3 Å². The van der Waals surface area contributed by atoms with Gasteiger partial charge in [-0.1, -0.05) is 13.8 Å². The zero-order chi connectivity index (χ0) is 20.1. The lowest BCUT2D eigenvalue weighted by molar-refractivity contribution is -0.154. The van der Waals surface area contributed by atoms with Crippen molar-refractivity contribution >= 4 is 29.5 Å². The number of thioether (sulfide) groups is 1. The van der Waals surface area contributed by atoms with E-state index in [1.165, 1.54) is 9.80 Å². The minimum absolute atomic E-state index is 0.0807. The molecule has 0 atom stereocenters. The fourth-order valence-corrected chi connectivity index (χ4v) is 4.04. The Bertz CT molecular complexity index is 728. The summed E-state index contributed by atoms with van der Waals surface area (Å²) in [5.74, 6) is -1.06. The molecule has 0 radical (unpaired) electrons. The molecule has 1 aromatic rings. The number of aromatic nitrogens is 1. The highest BCUT2D eigenvalue weighted by atomic mass is 32.2. The summed E-state index contributed by atoms with van der Waals surface area (Å²) >= 11 is 1.56. The van der Waals surface area contributed by atoms with Gasteiger partial charge in [0.2, 0.25) is 0 Å². The molecule has 0 bridgehead atoms. The van der Waals surface area contributed by atoms with Crippen LogP contribution in [0.1, 0.15) is 24.2 Å². The van der Waals surface area contributed by atoms with Crippen LogP contribution in [0, 0.1) is 0 Å². The largest absolute Gasteiger partial charge is 0.378 e. The van der Waals surface area contributed by atoms with E-state index in [0.29, 0.717) is 63.3 Å². The van der Waals surface area contributed by atoms with Crippen LogP contribution in [0.25, 0.3) is 0 Å². The van der Waals surface area contributed by atoms with Gasteiger partial charge in [0.25, 0.3) is 5.91 Å². The summed E-state index contributed by atoms with van der Waals surface area (Å²) in [4.78, 5) is 46.9. The van der Waals surface area contributed by atoms with Crippen molar-refractivity contribution in [2.75, 3.05) is 52.5 Å². The molecule has 3 amide bonds. The lowest BCUT2D eigenvalue weighted by Crippen LogP contribution is -2.55. The third-order valence-corrected chi connectivity index (χ3v) is 5.70. The molecule has 3 rings (SSSR count). The summed E-state index contributed by atoms with van der Waals surface area (Å²) in [6, 6.07) is 3.55. The number of ether oxygens (including phenoxy) is 1. The first-order valence-corrected chi connectivity index (χ1v) is 10.4. The fourth-order valence-electron chi connectivity index (χ4n) is 3.19. The Morgan fingerprint density at radius 3 is 2.14 bits per heavy atom. The summed E-state index contributed by atoms with van der Waals surface area (Å²) < 4.78 is 5.22. The van der Waals surface area contributed by atoms with Crippen molar-refractivity contribution in [1.29, 1.82) is 0 Å². The smallest absolute Gasteiger partial charge is 0.312 e. The molecule has 0 aromatic carbocycles. The van der Waals surface area contributed by atoms with Crippen LogP contribution in [0.4, 0.5) is 0 Å². The Hall–Kier alpha value is -2.13. The molecule has 0 saturated carbocycles. The number of hydrogen-bond acceptors (Lipinski definition) is 6. The predicted octanol–water partition coefficient (Wildman–Crippen LogP) is 0.725. The van der Waals surface area contributed by atoms with Crippen molar-refractivity contribution in [3.8, 4) is 0 Å². The first kappa shape index (κ1) is 20.6. The number of piperazine rings is 1. The highest BCUT2D eigenvalue weighted by molar-refractivity contribution is 7.99. The van der Waals surface area contributed by atoms with Crippen LogP contribution in [0.5, 0.6) is 0 Å². The van der Waals surface area contributed by atoms with Gasteiger partial charge in [0, 0.05) is 50.7 Å². The van der Waals surface area contributed by atoms with Gasteiger partial charge in [0.15, 0.2) is 0 Å². The summed E-state index contributed by atoms with van der Waals surface area (Å²) in [6.07, 6.45) is 1.69. The average Bonchev–Trinajstić information content (AvgIpc) is 2.73. The van der Waals surface area contributed by atoms with E-state index in [4.69, 9.17) is 4.74 Å². The van der Waals surface area contributed by atoms with Crippen molar-refractivity contribution in [3.05, 3.63) is 23.9 Å². The monoisotopic (exact) mass is 406 g/mol. The van der Waals surface area contributed by atoms with Gasteiger partial charge in [0.05, 0.1) is 18.8 Å². The molecule has 3 heterocycles. The standard InChI is InChI=1S/C19H26N4O4S/c1-14(2)28-16-15(4-3-5-20-16)17(24)21-6-8-22(9-7-21)18(25)19(26)23-10-12-27-13-11-23/h3-5,14H,6-13H2,1-2H3. The third kappa shape index (κ3) is 4.82. The van der Waals surface area contributed by atoms with Gasteiger partial charge in [-0.2, -0.15) is 0 Å². The molecule has 8 nitrogen and oxygen atoms in total. The first-order chi connectivity index (χ1) is 13.5. The van der Waals surface area contributed by atoms with Gasteiger partial charge in [-0.25, -0.2) is 4.98 Å². The molecular weight excluding hydrogens is 380 g/mol. The molecule has 1 aromatic heterocycles. The maximum Gasteiger partial charge on any atom is 0.312 e. The second-order valence-electron chi connectivity index (χ2n) is 7.01. The molecule has 0 aliphatic carbocycles. The second-order valence-corrected chi connectivity index (χ2v) is 8.58. The SMILES string of the molecule is CC(C)Sc1ncccc1C(=O)N1CCN(C(=O)C(=O)N2CCOCC2)CC1. The van der Waals surface area contributed by atoms with Crippen molar-refractivity contribution in [1.82, 2.24) is 19.7 Å². The van der Waals surface area contributed by atoms with Crippen LogP contribution < -0.4 is 0 Å². The van der Waals surface area contributed by atoms with E-state index in [-0.39, 0.29) is 5.91 Å². The molecular formula is C19H26N4O4S. The third-order valence-electron chi connectivity index (χ3n) is 4.68. The van der Waals surface area contributed by atoms with Crippen molar-refractivity contribution in [3.63, 3.8) is 0 Å². The molecule has 2 saturated heterocycles. The molecule has 152 valence electrons. The van der Waals surface area contributed by atoms with Gasteiger partial charge in [-0.05, 0) is 12.1 Å². The Labute approximate surface area is 169 Å². The number of nitrogens with zero attached hydrogens (tertiary/aromatic N) is 4. The minimum Gasteiger partial charge on any atom is -0.378 e. The van der Waals surface area contributed by atoms with E-state index < -0.39 is 11.8 Å². The van der Waals surface area contributed by atoms with E-state index in [0.717, 1.165) is 5.03 Å². The Balaban J connectivity index is 1.58. The topological polar surface area (TPSA) is 83.1 Å². The van der Waals surface area contributed by atoms with Crippen LogP contribution in [-0.4, -0.2) is 95.1 Å². The number of hydrogen-bond donors (Lipinski definition) is 0. The van der Waals surface area contributed by atoms with Gasteiger partial charge in [-0.3, -0.25) is 14.4 Å². The van der Waals surface area contributed by atoms with E-state index >= 15 is 0 Å². The van der Waals surface area contributed by atoms with E-state index in [1.54, 1.807) is 35.0 Å². The normalized spacial score (nSPS) is 17.8. The van der Waals surface area contributed by atoms with Crippen LogP contribution in [0.2, 0.25) is 0 Å². The number of pyridine rings is 1.